The number of hydrogen-bond donors (Lipinski definition) is 2. The average molecular weight is 408 g/mol. The molecule has 1 amide bonds. The van der Waals surface area contributed by atoms with Crippen LogP contribution in [0.15, 0.2) is 24.4 Å². The van der Waals surface area contributed by atoms with Crippen LogP contribution in [-0.2, 0) is 0 Å². The summed E-state index contributed by atoms with van der Waals surface area (Å²) in [5, 5.41) is 13.7. The van der Waals surface area contributed by atoms with Crippen molar-refractivity contribution in [2.24, 2.45) is 0 Å². The van der Waals surface area contributed by atoms with E-state index in [0.717, 1.165) is 25.9 Å². The Morgan fingerprint density at radius 1 is 1.38 bits per heavy atom. The van der Waals surface area contributed by atoms with Crippen LogP contribution in [0.5, 0.6) is 5.75 Å². The molecule has 2 N–H and O–H groups in total. The zero-order valence-corrected chi connectivity index (χ0v) is 15.1. The van der Waals surface area contributed by atoms with Gasteiger partial charge >= 0.3 is 6.61 Å². The number of ether oxygens (including phenoxy) is 1. The zero-order valence-electron chi connectivity index (χ0n) is 13.5. The van der Waals surface area contributed by atoms with E-state index in [-0.39, 0.29) is 34.9 Å². The second-order valence-electron chi connectivity index (χ2n) is 5.54. The highest BCUT2D eigenvalue weighted by Crippen LogP contribution is 2.29. The van der Waals surface area contributed by atoms with Crippen molar-refractivity contribution in [3.63, 3.8) is 0 Å². The SMILES string of the molecule is Cl.O=C(Nc1ccc(OC(F)F)c(Cl)c1)c1cn(C2CCNCC2)nn1. The summed E-state index contributed by atoms with van der Waals surface area (Å²) in [7, 11) is 0. The van der Waals surface area contributed by atoms with Crippen molar-refractivity contribution in [2.75, 3.05) is 18.4 Å². The summed E-state index contributed by atoms with van der Waals surface area (Å²) in [6, 6.07) is 4.22. The van der Waals surface area contributed by atoms with Crippen LogP contribution >= 0.6 is 24.0 Å². The van der Waals surface area contributed by atoms with Crippen molar-refractivity contribution in [3.8, 4) is 5.75 Å². The van der Waals surface area contributed by atoms with Gasteiger partial charge in [0.05, 0.1) is 17.3 Å². The molecule has 3 rings (SSSR count). The lowest BCUT2D eigenvalue weighted by atomic mass is 10.1. The third kappa shape index (κ3) is 5.03. The fraction of sp³-hybridized carbons (Fsp3) is 0.400. The van der Waals surface area contributed by atoms with E-state index in [9.17, 15) is 13.6 Å². The molecule has 7 nitrogen and oxygen atoms in total. The van der Waals surface area contributed by atoms with Crippen molar-refractivity contribution in [3.05, 3.63) is 35.1 Å². The number of nitrogens with zero attached hydrogens (tertiary/aromatic N) is 3. The van der Waals surface area contributed by atoms with Gasteiger partial charge in [-0.1, -0.05) is 16.8 Å². The van der Waals surface area contributed by atoms with Gasteiger partial charge in [0.1, 0.15) is 5.75 Å². The monoisotopic (exact) mass is 407 g/mol. The molecule has 1 aliphatic rings. The lowest BCUT2D eigenvalue weighted by Crippen LogP contribution is -2.29. The van der Waals surface area contributed by atoms with Crippen LogP contribution in [0.1, 0.15) is 29.4 Å². The molecule has 1 aromatic carbocycles. The Balaban J connectivity index is 0.00000243. The van der Waals surface area contributed by atoms with Crippen LogP contribution < -0.4 is 15.4 Å². The zero-order chi connectivity index (χ0) is 17.8. The molecule has 2 heterocycles. The maximum Gasteiger partial charge on any atom is 0.387 e. The maximum absolute atomic E-state index is 12.3. The van der Waals surface area contributed by atoms with E-state index in [1.165, 1.54) is 18.2 Å². The van der Waals surface area contributed by atoms with Gasteiger partial charge in [0.2, 0.25) is 0 Å². The summed E-state index contributed by atoms with van der Waals surface area (Å²) in [4.78, 5) is 12.3. The number of rotatable bonds is 5. The van der Waals surface area contributed by atoms with Crippen molar-refractivity contribution in [1.82, 2.24) is 20.3 Å². The summed E-state index contributed by atoms with van der Waals surface area (Å²) in [5.41, 5.74) is 0.510. The summed E-state index contributed by atoms with van der Waals surface area (Å²) < 4.78 is 30.4. The fourth-order valence-electron chi connectivity index (χ4n) is 2.60. The molecule has 0 bridgehead atoms. The van der Waals surface area contributed by atoms with E-state index in [4.69, 9.17) is 11.6 Å². The average Bonchev–Trinajstić information content (AvgIpc) is 3.08. The smallest absolute Gasteiger partial charge is 0.387 e. The van der Waals surface area contributed by atoms with Gasteiger partial charge in [0, 0.05) is 5.69 Å². The Morgan fingerprint density at radius 2 is 2.12 bits per heavy atom. The predicted molar refractivity (Wildman–Crippen MR) is 94.4 cm³/mol. The van der Waals surface area contributed by atoms with Crippen molar-refractivity contribution >= 4 is 35.6 Å². The number of alkyl halides is 2. The summed E-state index contributed by atoms with van der Waals surface area (Å²) in [6.45, 7) is -1.17. The van der Waals surface area contributed by atoms with Gasteiger partial charge < -0.3 is 15.4 Å². The van der Waals surface area contributed by atoms with Gasteiger partial charge in [-0.05, 0) is 44.1 Å². The Labute approximate surface area is 159 Å². The van der Waals surface area contributed by atoms with E-state index in [1.54, 1.807) is 10.9 Å². The number of piperidine rings is 1. The number of aromatic nitrogens is 3. The normalized spacial score (nSPS) is 14.8. The number of anilines is 1. The predicted octanol–water partition coefficient (Wildman–Crippen LogP) is 3.13. The van der Waals surface area contributed by atoms with E-state index < -0.39 is 12.5 Å². The van der Waals surface area contributed by atoms with Gasteiger partial charge in [0.15, 0.2) is 5.69 Å². The van der Waals surface area contributed by atoms with E-state index in [2.05, 4.69) is 25.7 Å². The van der Waals surface area contributed by atoms with Gasteiger partial charge in [-0.15, -0.1) is 17.5 Å². The van der Waals surface area contributed by atoms with Crippen LogP contribution in [-0.4, -0.2) is 40.6 Å². The Kier molecular flexibility index (Phi) is 7.13. The first-order chi connectivity index (χ1) is 12.0. The molecule has 11 heteroatoms. The minimum atomic E-state index is -2.97. The Morgan fingerprint density at radius 3 is 2.77 bits per heavy atom. The molecule has 26 heavy (non-hydrogen) atoms. The van der Waals surface area contributed by atoms with E-state index in [0.29, 0.717) is 5.69 Å². The second kappa shape index (κ2) is 9.11. The van der Waals surface area contributed by atoms with Crippen molar-refractivity contribution < 1.29 is 18.3 Å². The summed E-state index contributed by atoms with van der Waals surface area (Å²) in [5.74, 6) is -0.620. The van der Waals surface area contributed by atoms with Gasteiger partial charge in [-0.25, -0.2) is 4.68 Å². The largest absolute Gasteiger partial charge is 0.433 e. The lowest BCUT2D eigenvalue weighted by Gasteiger charge is -2.22. The van der Waals surface area contributed by atoms with Crippen molar-refractivity contribution in [1.29, 1.82) is 0 Å². The summed E-state index contributed by atoms with van der Waals surface area (Å²) in [6.07, 6.45) is 3.44. The molecular weight excluding hydrogens is 391 g/mol. The highest BCUT2D eigenvalue weighted by atomic mass is 35.5. The maximum atomic E-state index is 12.3. The quantitative estimate of drug-likeness (QED) is 0.795. The van der Waals surface area contributed by atoms with Crippen LogP contribution in [0.25, 0.3) is 0 Å². The molecule has 1 aromatic heterocycles. The molecule has 1 saturated heterocycles. The molecular formula is C15H17Cl2F2N5O2. The van der Waals surface area contributed by atoms with Gasteiger partial charge in [-0.3, -0.25) is 4.79 Å². The van der Waals surface area contributed by atoms with Crippen LogP contribution in [0.2, 0.25) is 5.02 Å². The van der Waals surface area contributed by atoms with Crippen LogP contribution in [0.3, 0.4) is 0 Å². The minimum Gasteiger partial charge on any atom is -0.433 e. The molecule has 0 atom stereocenters. The van der Waals surface area contributed by atoms with E-state index >= 15 is 0 Å². The first-order valence-electron chi connectivity index (χ1n) is 7.71. The van der Waals surface area contributed by atoms with Gasteiger partial charge in [-0.2, -0.15) is 8.78 Å². The number of nitrogens with one attached hydrogen (secondary N) is 2. The van der Waals surface area contributed by atoms with Gasteiger partial charge in [0.25, 0.3) is 5.91 Å². The molecule has 2 aromatic rings. The minimum absolute atomic E-state index is 0. The lowest BCUT2D eigenvalue weighted by molar-refractivity contribution is -0.0497. The molecule has 0 aliphatic carbocycles. The number of benzene rings is 1. The highest BCUT2D eigenvalue weighted by Gasteiger charge is 2.19. The second-order valence-corrected chi connectivity index (χ2v) is 5.95. The molecule has 0 spiro atoms. The third-order valence-electron chi connectivity index (χ3n) is 3.83. The first-order valence-corrected chi connectivity index (χ1v) is 8.09. The highest BCUT2D eigenvalue weighted by molar-refractivity contribution is 6.32. The number of halogens is 4. The Bertz CT molecular complexity index is 753. The molecule has 0 unspecified atom stereocenters. The number of carbonyl (C=O) groups is 1. The fourth-order valence-corrected chi connectivity index (χ4v) is 2.82. The Hall–Kier alpha value is -1.97. The topological polar surface area (TPSA) is 81.1 Å². The standard InChI is InChI=1S/C15H16ClF2N5O2.ClH/c16-11-7-9(1-2-13(11)25-15(17)18)20-14(24)12-8-23(22-21-12)10-3-5-19-6-4-10;/h1-2,7-8,10,15,19H,3-6H2,(H,20,24);1H. The molecule has 0 saturated carbocycles. The third-order valence-corrected chi connectivity index (χ3v) is 4.13. The molecule has 1 fully saturated rings. The van der Waals surface area contributed by atoms with Crippen LogP contribution in [0.4, 0.5) is 14.5 Å². The molecule has 1 aliphatic heterocycles. The molecule has 142 valence electrons. The molecule has 0 radical (unpaired) electrons. The van der Waals surface area contributed by atoms with Crippen molar-refractivity contribution in [2.45, 2.75) is 25.5 Å². The number of carbonyl (C=O) groups excluding carboxylic acids is 1. The van der Waals surface area contributed by atoms with E-state index in [1.807, 2.05) is 0 Å². The summed E-state index contributed by atoms with van der Waals surface area (Å²) >= 11 is 5.86. The number of hydrogen-bond acceptors (Lipinski definition) is 5. The number of amides is 1. The first kappa shape index (κ1) is 20.3. The van der Waals surface area contributed by atoms with Crippen LogP contribution in [0, 0.1) is 0 Å².